The van der Waals surface area contributed by atoms with E-state index in [2.05, 4.69) is 15.6 Å². The Bertz CT molecular complexity index is 886. The molecule has 2 amide bonds. The van der Waals surface area contributed by atoms with Crippen LogP contribution in [-0.4, -0.2) is 29.4 Å². The molecular formula is C19H19N3O3S. The zero-order chi connectivity index (χ0) is 18.5. The third-order valence-corrected chi connectivity index (χ3v) is 4.39. The minimum Gasteiger partial charge on any atom is -0.491 e. The number of nitrogens with zero attached hydrogens (tertiary/aromatic N) is 1. The number of nitrogens with one attached hydrogen (secondary N) is 2. The Balaban J connectivity index is 1.52. The summed E-state index contributed by atoms with van der Waals surface area (Å²) in [5.74, 6) is 0.0582. The Kier molecular flexibility index (Phi) is 5.48. The molecule has 3 aromatic rings. The number of carbonyl (C=O) groups is 2. The van der Waals surface area contributed by atoms with Crippen molar-refractivity contribution in [3.05, 3.63) is 54.1 Å². The zero-order valence-corrected chi connectivity index (χ0v) is 15.3. The summed E-state index contributed by atoms with van der Waals surface area (Å²) in [5, 5.41) is 5.82. The first-order valence-electron chi connectivity index (χ1n) is 8.21. The molecule has 1 aromatic heterocycles. The minimum atomic E-state index is -0.322. The van der Waals surface area contributed by atoms with Crippen LogP contribution >= 0.6 is 11.3 Å². The molecule has 6 nitrogen and oxygen atoms in total. The maximum absolute atomic E-state index is 12.1. The molecule has 0 aliphatic carbocycles. The van der Waals surface area contributed by atoms with Gasteiger partial charge in [0, 0.05) is 5.56 Å². The van der Waals surface area contributed by atoms with Gasteiger partial charge >= 0.3 is 0 Å². The van der Waals surface area contributed by atoms with E-state index in [4.69, 9.17) is 4.74 Å². The van der Waals surface area contributed by atoms with Gasteiger partial charge in [0.2, 0.25) is 5.91 Å². The lowest BCUT2D eigenvalue weighted by Gasteiger charge is -2.10. The molecule has 2 aromatic carbocycles. The summed E-state index contributed by atoms with van der Waals surface area (Å²) < 4.78 is 6.53. The molecule has 134 valence electrons. The van der Waals surface area contributed by atoms with Gasteiger partial charge in [-0.05, 0) is 50.2 Å². The number of hydrogen-bond donors (Lipinski definition) is 2. The Labute approximate surface area is 155 Å². The highest BCUT2D eigenvalue weighted by Gasteiger charge is 2.11. The predicted octanol–water partition coefficient (Wildman–Crippen LogP) is 3.45. The Hall–Kier alpha value is -2.93. The average molecular weight is 369 g/mol. The van der Waals surface area contributed by atoms with Gasteiger partial charge in [0.05, 0.1) is 22.9 Å². The summed E-state index contributed by atoms with van der Waals surface area (Å²) in [7, 11) is 0. The maximum atomic E-state index is 12.1. The number of aromatic nitrogens is 1. The van der Waals surface area contributed by atoms with Crippen LogP contribution in [0.25, 0.3) is 10.2 Å². The van der Waals surface area contributed by atoms with E-state index in [0.29, 0.717) is 16.4 Å². The van der Waals surface area contributed by atoms with Crippen LogP contribution < -0.4 is 15.4 Å². The Morgan fingerprint density at radius 2 is 1.85 bits per heavy atom. The summed E-state index contributed by atoms with van der Waals surface area (Å²) >= 11 is 1.39. The first kappa shape index (κ1) is 17.9. The number of benzene rings is 2. The molecule has 0 atom stereocenters. The summed E-state index contributed by atoms with van der Waals surface area (Å²) in [5.41, 5.74) is 1.30. The van der Waals surface area contributed by atoms with E-state index in [9.17, 15) is 9.59 Å². The third-order valence-electron chi connectivity index (χ3n) is 3.44. The second-order valence-electron chi connectivity index (χ2n) is 5.91. The normalized spacial score (nSPS) is 10.7. The molecule has 0 radical (unpaired) electrons. The highest BCUT2D eigenvalue weighted by molar-refractivity contribution is 7.22. The van der Waals surface area contributed by atoms with Crippen LogP contribution in [0, 0.1) is 0 Å². The second-order valence-corrected chi connectivity index (χ2v) is 6.94. The van der Waals surface area contributed by atoms with Gasteiger partial charge in [-0.3, -0.25) is 9.59 Å². The first-order valence-corrected chi connectivity index (χ1v) is 9.03. The van der Waals surface area contributed by atoms with Gasteiger partial charge in [-0.2, -0.15) is 0 Å². The van der Waals surface area contributed by atoms with Gasteiger partial charge in [0.25, 0.3) is 5.91 Å². The predicted molar refractivity (Wildman–Crippen MR) is 103 cm³/mol. The van der Waals surface area contributed by atoms with Crippen molar-refractivity contribution in [2.75, 3.05) is 11.9 Å². The van der Waals surface area contributed by atoms with Crippen LogP contribution in [0.1, 0.15) is 24.2 Å². The lowest BCUT2D eigenvalue weighted by molar-refractivity contribution is -0.115. The zero-order valence-electron chi connectivity index (χ0n) is 14.5. The third kappa shape index (κ3) is 4.58. The maximum Gasteiger partial charge on any atom is 0.251 e. The standard InChI is InChI=1S/C19H19N3O3S/c1-12(2)25-14-9-7-13(8-10-14)18(24)20-11-17(23)22-19-21-15-5-3-4-6-16(15)26-19/h3-10,12H,11H2,1-2H3,(H,20,24)(H,21,22,23). The lowest BCUT2D eigenvalue weighted by atomic mass is 10.2. The van der Waals surface area contributed by atoms with Crippen LogP contribution in [0.5, 0.6) is 5.75 Å². The van der Waals surface area contributed by atoms with Gasteiger partial charge in [-0.1, -0.05) is 23.5 Å². The molecule has 0 bridgehead atoms. The molecule has 0 aliphatic rings. The SMILES string of the molecule is CC(C)Oc1ccc(C(=O)NCC(=O)Nc2nc3ccccc3s2)cc1. The summed E-state index contributed by atoms with van der Waals surface area (Å²) in [6, 6.07) is 14.4. The largest absolute Gasteiger partial charge is 0.491 e. The molecule has 0 aliphatic heterocycles. The van der Waals surface area contributed by atoms with Gasteiger partial charge in [0.1, 0.15) is 5.75 Å². The van der Waals surface area contributed by atoms with Crippen molar-refractivity contribution in [3.8, 4) is 5.75 Å². The van der Waals surface area contributed by atoms with Crippen molar-refractivity contribution >= 4 is 38.5 Å². The van der Waals surface area contributed by atoms with E-state index in [1.165, 1.54) is 11.3 Å². The number of ether oxygens (including phenoxy) is 1. The molecule has 0 saturated carbocycles. The molecule has 3 rings (SSSR count). The van der Waals surface area contributed by atoms with Gasteiger partial charge in [-0.15, -0.1) is 0 Å². The van der Waals surface area contributed by atoms with E-state index in [-0.39, 0.29) is 24.5 Å². The van der Waals surface area contributed by atoms with E-state index in [0.717, 1.165) is 10.2 Å². The fraction of sp³-hybridized carbons (Fsp3) is 0.211. The number of para-hydroxylation sites is 1. The molecule has 0 spiro atoms. The van der Waals surface area contributed by atoms with Crippen molar-refractivity contribution in [3.63, 3.8) is 0 Å². The topological polar surface area (TPSA) is 80.3 Å². The minimum absolute atomic E-state index is 0.0703. The van der Waals surface area contributed by atoms with E-state index < -0.39 is 0 Å². The second kappa shape index (κ2) is 7.97. The quantitative estimate of drug-likeness (QED) is 0.697. The van der Waals surface area contributed by atoms with Crippen molar-refractivity contribution < 1.29 is 14.3 Å². The number of anilines is 1. The Morgan fingerprint density at radius 1 is 1.12 bits per heavy atom. The van der Waals surface area contributed by atoms with Crippen molar-refractivity contribution in [2.45, 2.75) is 20.0 Å². The van der Waals surface area contributed by atoms with Gasteiger partial charge in [-0.25, -0.2) is 4.98 Å². The molecule has 26 heavy (non-hydrogen) atoms. The summed E-state index contributed by atoms with van der Waals surface area (Å²) in [6.45, 7) is 3.74. The molecule has 1 heterocycles. The fourth-order valence-corrected chi connectivity index (χ4v) is 3.19. The van der Waals surface area contributed by atoms with Crippen LogP contribution in [0.4, 0.5) is 5.13 Å². The molecule has 0 fully saturated rings. The first-order chi connectivity index (χ1) is 12.5. The summed E-state index contributed by atoms with van der Waals surface area (Å²) in [4.78, 5) is 28.5. The number of hydrogen-bond acceptors (Lipinski definition) is 5. The van der Waals surface area contributed by atoms with Crippen LogP contribution in [0.15, 0.2) is 48.5 Å². The van der Waals surface area contributed by atoms with Crippen molar-refractivity contribution in [1.82, 2.24) is 10.3 Å². The highest BCUT2D eigenvalue weighted by Crippen LogP contribution is 2.25. The molecule has 7 heteroatoms. The number of carbonyl (C=O) groups excluding carboxylic acids is 2. The van der Waals surface area contributed by atoms with E-state index >= 15 is 0 Å². The van der Waals surface area contributed by atoms with Crippen molar-refractivity contribution in [1.29, 1.82) is 0 Å². The van der Waals surface area contributed by atoms with Gasteiger partial charge < -0.3 is 15.4 Å². The lowest BCUT2D eigenvalue weighted by Crippen LogP contribution is -2.32. The summed E-state index contributed by atoms with van der Waals surface area (Å²) in [6.07, 6.45) is 0.0703. The number of thiazole rings is 1. The Morgan fingerprint density at radius 3 is 2.54 bits per heavy atom. The van der Waals surface area contributed by atoms with Crippen LogP contribution in [0.2, 0.25) is 0 Å². The molecule has 2 N–H and O–H groups in total. The number of rotatable bonds is 6. The van der Waals surface area contributed by atoms with E-state index in [1.54, 1.807) is 24.3 Å². The average Bonchev–Trinajstić information content (AvgIpc) is 3.02. The van der Waals surface area contributed by atoms with E-state index in [1.807, 2.05) is 38.1 Å². The fourth-order valence-electron chi connectivity index (χ4n) is 2.31. The van der Waals surface area contributed by atoms with Crippen LogP contribution in [0.3, 0.4) is 0 Å². The molecule has 0 saturated heterocycles. The van der Waals surface area contributed by atoms with Crippen molar-refractivity contribution in [2.24, 2.45) is 0 Å². The monoisotopic (exact) mass is 369 g/mol. The van der Waals surface area contributed by atoms with Crippen LogP contribution in [-0.2, 0) is 4.79 Å². The molecule has 0 unspecified atom stereocenters. The number of fused-ring (bicyclic) bond motifs is 1. The van der Waals surface area contributed by atoms with Gasteiger partial charge in [0.15, 0.2) is 5.13 Å². The highest BCUT2D eigenvalue weighted by atomic mass is 32.1. The molecular weight excluding hydrogens is 350 g/mol. The number of amides is 2. The smallest absolute Gasteiger partial charge is 0.251 e.